The summed E-state index contributed by atoms with van der Waals surface area (Å²) in [6.45, 7) is 4.18. The minimum atomic E-state index is -0.0358. The van der Waals surface area contributed by atoms with Crippen molar-refractivity contribution < 1.29 is 4.79 Å². The zero-order chi connectivity index (χ0) is 21.4. The van der Waals surface area contributed by atoms with Gasteiger partial charge in [-0.3, -0.25) is 4.79 Å². The first kappa shape index (κ1) is 19.5. The van der Waals surface area contributed by atoms with E-state index in [0.29, 0.717) is 5.56 Å². The topological polar surface area (TPSA) is 42.0 Å². The van der Waals surface area contributed by atoms with Gasteiger partial charge >= 0.3 is 0 Å². The van der Waals surface area contributed by atoms with Crippen LogP contribution in [0.25, 0.3) is 22.2 Å². The molecule has 3 heteroatoms. The maximum Gasteiger partial charge on any atom is 0.252 e. The number of fused-ring (bicyclic) bond motifs is 2. The maximum atomic E-state index is 13.5. The third-order valence-corrected chi connectivity index (χ3v) is 6.29. The van der Waals surface area contributed by atoms with Crippen molar-refractivity contribution in [3.05, 3.63) is 101 Å². The lowest BCUT2D eigenvalue weighted by molar-refractivity contribution is 0.0934. The van der Waals surface area contributed by atoms with Crippen LogP contribution >= 0.6 is 0 Å². The summed E-state index contributed by atoms with van der Waals surface area (Å²) in [4.78, 5) is 18.4. The van der Waals surface area contributed by atoms with Crippen LogP contribution in [0.15, 0.2) is 72.8 Å². The van der Waals surface area contributed by atoms with E-state index in [1.807, 2.05) is 30.3 Å². The molecule has 0 saturated heterocycles. The number of hydrogen-bond donors (Lipinski definition) is 1. The molecule has 3 nitrogen and oxygen atoms in total. The van der Waals surface area contributed by atoms with Crippen molar-refractivity contribution in [2.75, 3.05) is 0 Å². The Morgan fingerprint density at radius 1 is 0.968 bits per heavy atom. The fraction of sp³-hybridized carbons (Fsp3) is 0.214. The summed E-state index contributed by atoms with van der Waals surface area (Å²) in [5.74, 6) is -0.0358. The average Bonchev–Trinajstić information content (AvgIpc) is 2.78. The fourth-order valence-electron chi connectivity index (χ4n) is 4.74. The first-order valence-electron chi connectivity index (χ1n) is 11.0. The van der Waals surface area contributed by atoms with Crippen molar-refractivity contribution in [1.82, 2.24) is 10.3 Å². The number of aromatic nitrogens is 1. The predicted octanol–water partition coefficient (Wildman–Crippen LogP) is 6.33. The highest BCUT2D eigenvalue weighted by molar-refractivity contribution is 6.07. The second-order valence-corrected chi connectivity index (χ2v) is 8.51. The van der Waals surface area contributed by atoms with Crippen molar-refractivity contribution in [2.45, 2.75) is 39.2 Å². The molecule has 3 aromatic carbocycles. The van der Waals surface area contributed by atoms with Crippen molar-refractivity contribution in [1.29, 1.82) is 0 Å². The first-order chi connectivity index (χ1) is 15.1. The Labute approximate surface area is 183 Å². The summed E-state index contributed by atoms with van der Waals surface area (Å²) in [5, 5.41) is 4.21. The Morgan fingerprint density at radius 2 is 1.77 bits per heavy atom. The lowest BCUT2D eigenvalue weighted by atomic mass is 9.87. The second-order valence-electron chi connectivity index (χ2n) is 8.51. The van der Waals surface area contributed by atoms with Crippen LogP contribution in [0, 0.1) is 13.8 Å². The van der Waals surface area contributed by atoms with Gasteiger partial charge in [-0.15, -0.1) is 0 Å². The largest absolute Gasteiger partial charge is 0.345 e. The molecular weight excluding hydrogens is 380 g/mol. The number of aryl methyl sites for hydroxylation is 3. The Morgan fingerprint density at radius 3 is 2.65 bits per heavy atom. The van der Waals surface area contributed by atoms with E-state index in [-0.39, 0.29) is 11.9 Å². The van der Waals surface area contributed by atoms with E-state index >= 15 is 0 Å². The summed E-state index contributed by atoms with van der Waals surface area (Å²) in [6.07, 6.45) is 3.14. The molecule has 1 N–H and O–H groups in total. The molecule has 1 aliphatic carbocycles. The summed E-state index contributed by atoms with van der Waals surface area (Å²) < 4.78 is 0. The van der Waals surface area contributed by atoms with Gasteiger partial charge in [0.05, 0.1) is 22.8 Å². The molecule has 0 saturated carbocycles. The van der Waals surface area contributed by atoms with Crippen LogP contribution in [0.4, 0.5) is 0 Å². The number of amides is 1. The molecule has 1 unspecified atom stereocenters. The Kier molecular flexibility index (Phi) is 5.03. The van der Waals surface area contributed by atoms with Gasteiger partial charge in [-0.2, -0.15) is 0 Å². The van der Waals surface area contributed by atoms with Crippen molar-refractivity contribution >= 4 is 16.8 Å². The van der Waals surface area contributed by atoms with E-state index in [0.717, 1.165) is 47.0 Å². The number of nitrogens with one attached hydrogen (secondary N) is 1. The van der Waals surface area contributed by atoms with E-state index in [1.165, 1.54) is 16.7 Å². The van der Waals surface area contributed by atoms with Gasteiger partial charge in [-0.25, -0.2) is 4.98 Å². The Bertz CT molecular complexity index is 1290. The number of nitrogens with zero attached hydrogens (tertiary/aromatic N) is 1. The molecule has 0 bridgehead atoms. The van der Waals surface area contributed by atoms with Gasteiger partial charge in [-0.1, -0.05) is 66.2 Å². The summed E-state index contributed by atoms with van der Waals surface area (Å²) >= 11 is 0. The number of benzene rings is 3. The van der Waals surface area contributed by atoms with Crippen molar-refractivity contribution in [3.8, 4) is 11.3 Å². The number of hydrogen-bond acceptors (Lipinski definition) is 2. The standard InChI is InChI=1S/C28H26N2O/c1-18-14-15-21(19(2)16-18)27-17-24(23-11-5-6-12-26(23)29-27)28(31)30-25-13-7-9-20-8-3-4-10-22(20)25/h3-6,8,10-12,14-17,25H,7,9,13H2,1-2H3,(H,30,31). The average molecular weight is 407 g/mol. The molecule has 5 rings (SSSR count). The highest BCUT2D eigenvalue weighted by atomic mass is 16.1. The molecule has 0 aliphatic heterocycles. The van der Waals surface area contributed by atoms with Crippen LogP contribution in [0.1, 0.15) is 51.5 Å². The SMILES string of the molecule is Cc1ccc(-c2cc(C(=O)NC3CCCc4ccccc43)c3ccccc3n2)c(C)c1. The fourth-order valence-corrected chi connectivity index (χ4v) is 4.74. The molecule has 31 heavy (non-hydrogen) atoms. The molecule has 4 aromatic rings. The minimum Gasteiger partial charge on any atom is -0.345 e. The quantitative estimate of drug-likeness (QED) is 0.432. The summed E-state index contributed by atoms with van der Waals surface area (Å²) in [6, 6.07) is 24.7. The highest BCUT2D eigenvalue weighted by Gasteiger charge is 2.23. The number of carbonyl (C=O) groups excluding carboxylic acids is 1. The van der Waals surface area contributed by atoms with Gasteiger partial charge in [-0.05, 0) is 61.9 Å². The molecule has 1 aromatic heterocycles. The molecular formula is C28H26N2O. The van der Waals surface area contributed by atoms with Gasteiger partial charge in [0.15, 0.2) is 0 Å². The van der Waals surface area contributed by atoms with Gasteiger partial charge in [0.1, 0.15) is 0 Å². The smallest absolute Gasteiger partial charge is 0.252 e. The number of rotatable bonds is 3. The van der Waals surface area contributed by atoms with Crippen LogP contribution in [-0.4, -0.2) is 10.9 Å². The second kappa shape index (κ2) is 7.99. The van der Waals surface area contributed by atoms with Gasteiger partial charge in [0.2, 0.25) is 0 Å². The van der Waals surface area contributed by atoms with E-state index in [4.69, 9.17) is 4.98 Å². The molecule has 154 valence electrons. The van der Waals surface area contributed by atoms with Crippen LogP contribution in [0.5, 0.6) is 0 Å². The first-order valence-corrected chi connectivity index (χ1v) is 11.0. The van der Waals surface area contributed by atoms with E-state index in [2.05, 4.69) is 61.6 Å². The van der Waals surface area contributed by atoms with E-state index < -0.39 is 0 Å². The molecule has 1 atom stereocenters. The molecule has 1 heterocycles. The number of pyridine rings is 1. The number of carbonyl (C=O) groups is 1. The van der Waals surface area contributed by atoms with Gasteiger partial charge in [0, 0.05) is 10.9 Å². The Hall–Kier alpha value is -3.46. The molecule has 1 aliphatic rings. The van der Waals surface area contributed by atoms with Gasteiger partial charge in [0.25, 0.3) is 5.91 Å². The lowest BCUT2D eigenvalue weighted by Crippen LogP contribution is -2.31. The van der Waals surface area contributed by atoms with Crippen LogP contribution in [0.2, 0.25) is 0 Å². The summed E-state index contributed by atoms with van der Waals surface area (Å²) in [5.41, 5.74) is 8.40. The summed E-state index contributed by atoms with van der Waals surface area (Å²) in [7, 11) is 0. The van der Waals surface area contributed by atoms with E-state index in [1.54, 1.807) is 0 Å². The van der Waals surface area contributed by atoms with Gasteiger partial charge < -0.3 is 5.32 Å². The van der Waals surface area contributed by atoms with Crippen LogP contribution in [0.3, 0.4) is 0 Å². The monoisotopic (exact) mass is 406 g/mol. The third kappa shape index (κ3) is 3.72. The number of para-hydroxylation sites is 1. The molecule has 0 radical (unpaired) electrons. The minimum absolute atomic E-state index is 0.0358. The van der Waals surface area contributed by atoms with E-state index in [9.17, 15) is 4.79 Å². The predicted molar refractivity (Wildman–Crippen MR) is 126 cm³/mol. The highest BCUT2D eigenvalue weighted by Crippen LogP contribution is 2.31. The Balaban J connectivity index is 1.57. The molecule has 0 fully saturated rings. The van der Waals surface area contributed by atoms with Crippen LogP contribution in [-0.2, 0) is 6.42 Å². The maximum absolute atomic E-state index is 13.5. The van der Waals surface area contributed by atoms with Crippen molar-refractivity contribution in [3.63, 3.8) is 0 Å². The van der Waals surface area contributed by atoms with Crippen LogP contribution < -0.4 is 5.32 Å². The lowest BCUT2D eigenvalue weighted by Gasteiger charge is -2.26. The van der Waals surface area contributed by atoms with Crippen molar-refractivity contribution in [2.24, 2.45) is 0 Å². The zero-order valence-electron chi connectivity index (χ0n) is 18.0. The molecule has 1 amide bonds. The zero-order valence-corrected chi connectivity index (χ0v) is 18.0. The third-order valence-electron chi connectivity index (χ3n) is 6.29. The normalized spacial score (nSPS) is 15.5. The molecule has 0 spiro atoms.